The summed E-state index contributed by atoms with van der Waals surface area (Å²) in [5.74, 6) is 0.515. The third kappa shape index (κ3) is 3.29. The first kappa shape index (κ1) is 13.9. The average Bonchev–Trinajstić information content (AvgIpc) is 2.37. The van der Waals surface area contributed by atoms with Crippen LogP contribution in [0.1, 0.15) is 34.8 Å². The molecule has 1 aliphatic rings. The monoisotopic (exact) mass is 259 g/mol. The third-order valence-corrected chi connectivity index (χ3v) is 3.95. The highest BCUT2D eigenvalue weighted by Crippen LogP contribution is 2.14. The second-order valence-electron chi connectivity index (χ2n) is 5.57. The Morgan fingerprint density at radius 3 is 2.68 bits per heavy atom. The predicted molar refractivity (Wildman–Crippen MR) is 75.5 cm³/mol. The van der Waals surface area contributed by atoms with Gasteiger partial charge in [-0.3, -0.25) is 14.5 Å². The van der Waals surface area contributed by atoms with E-state index in [4.69, 9.17) is 0 Å². The van der Waals surface area contributed by atoms with Crippen molar-refractivity contribution in [2.75, 3.05) is 19.6 Å². The van der Waals surface area contributed by atoms with Crippen LogP contribution in [0.3, 0.4) is 0 Å². The third-order valence-electron chi connectivity index (χ3n) is 3.95. The predicted octanol–water partition coefficient (Wildman–Crippen LogP) is 2.40. The molecule has 1 heterocycles. The number of aryl methyl sites for hydroxylation is 2. The molecule has 1 aromatic rings. The topological polar surface area (TPSA) is 37.4 Å². The van der Waals surface area contributed by atoms with E-state index in [0.717, 1.165) is 11.1 Å². The maximum atomic E-state index is 12.2. The first-order valence-corrected chi connectivity index (χ1v) is 6.83. The lowest BCUT2D eigenvalue weighted by molar-refractivity contribution is -0.125. The van der Waals surface area contributed by atoms with Crippen LogP contribution in [0.5, 0.6) is 0 Å². The van der Waals surface area contributed by atoms with Crippen LogP contribution in [0.2, 0.25) is 0 Å². The number of carbonyl (C=O) groups is 2. The van der Waals surface area contributed by atoms with Crippen LogP contribution in [0.4, 0.5) is 0 Å². The van der Waals surface area contributed by atoms with E-state index >= 15 is 0 Å². The van der Waals surface area contributed by atoms with Gasteiger partial charge in [0.1, 0.15) is 5.78 Å². The Bertz CT molecular complexity index is 507. The summed E-state index contributed by atoms with van der Waals surface area (Å²) in [5, 5.41) is 0. The normalized spacial score (nSPS) is 20.6. The summed E-state index contributed by atoms with van der Waals surface area (Å²) in [4.78, 5) is 25.8. The number of hydrogen-bond donors (Lipinski definition) is 0. The fourth-order valence-electron chi connectivity index (χ4n) is 2.45. The van der Waals surface area contributed by atoms with Crippen molar-refractivity contribution in [3.63, 3.8) is 0 Å². The molecule has 102 valence electrons. The number of piperidine rings is 1. The lowest BCUT2D eigenvalue weighted by atomic mass is 9.97. The van der Waals surface area contributed by atoms with Crippen LogP contribution in [0, 0.1) is 19.8 Å². The van der Waals surface area contributed by atoms with E-state index in [1.807, 2.05) is 39.0 Å². The summed E-state index contributed by atoms with van der Waals surface area (Å²) in [6.45, 7) is 7.83. The Kier molecular flexibility index (Phi) is 4.15. The van der Waals surface area contributed by atoms with Gasteiger partial charge in [0.15, 0.2) is 5.78 Å². The van der Waals surface area contributed by atoms with Crippen LogP contribution >= 0.6 is 0 Å². The van der Waals surface area contributed by atoms with Gasteiger partial charge in [0.2, 0.25) is 0 Å². The zero-order valence-corrected chi connectivity index (χ0v) is 11.9. The van der Waals surface area contributed by atoms with E-state index < -0.39 is 0 Å². The fourth-order valence-corrected chi connectivity index (χ4v) is 2.45. The number of benzene rings is 1. The summed E-state index contributed by atoms with van der Waals surface area (Å²) in [5.41, 5.74) is 3.12. The zero-order chi connectivity index (χ0) is 14.0. The van der Waals surface area contributed by atoms with Crippen LogP contribution in [0.25, 0.3) is 0 Å². The minimum Gasteiger partial charge on any atom is -0.299 e. The standard InChI is InChI=1S/C16H21NO2/c1-11-4-5-14(8-12(11)2)16(19)10-17-7-6-15(18)13(3)9-17/h4-5,8,13H,6-7,9-10H2,1-3H3. The van der Waals surface area contributed by atoms with E-state index in [9.17, 15) is 9.59 Å². The maximum absolute atomic E-state index is 12.2. The number of rotatable bonds is 3. The van der Waals surface area contributed by atoms with Gasteiger partial charge in [-0.2, -0.15) is 0 Å². The molecule has 1 atom stereocenters. The van der Waals surface area contributed by atoms with Crippen molar-refractivity contribution >= 4 is 11.6 Å². The number of carbonyl (C=O) groups excluding carboxylic acids is 2. The van der Waals surface area contributed by atoms with Gasteiger partial charge in [0, 0.05) is 31.0 Å². The van der Waals surface area contributed by atoms with Crippen LogP contribution in [-0.2, 0) is 4.79 Å². The molecule has 0 aliphatic carbocycles. The average molecular weight is 259 g/mol. The molecule has 3 nitrogen and oxygen atoms in total. The zero-order valence-electron chi connectivity index (χ0n) is 11.9. The first-order valence-electron chi connectivity index (χ1n) is 6.83. The molecule has 0 radical (unpaired) electrons. The van der Waals surface area contributed by atoms with Gasteiger partial charge in [0.25, 0.3) is 0 Å². The quantitative estimate of drug-likeness (QED) is 0.782. The number of nitrogens with zero attached hydrogens (tertiary/aromatic N) is 1. The van der Waals surface area contributed by atoms with Crippen molar-refractivity contribution in [3.8, 4) is 0 Å². The second kappa shape index (κ2) is 5.66. The molecular formula is C16H21NO2. The van der Waals surface area contributed by atoms with E-state index in [-0.39, 0.29) is 11.7 Å². The van der Waals surface area contributed by atoms with Gasteiger partial charge in [-0.25, -0.2) is 0 Å². The Balaban J connectivity index is 2.01. The first-order chi connectivity index (χ1) is 8.97. The molecule has 1 aliphatic heterocycles. The lowest BCUT2D eigenvalue weighted by Gasteiger charge is -2.29. The number of likely N-dealkylation sites (tertiary alicyclic amines) is 1. The van der Waals surface area contributed by atoms with Gasteiger partial charge in [-0.05, 0) is 31.0 Å². The number of Topliss-reactive ketones (excluding diaryl/α,β-unsaturated/α-hetero) is 2. The van der Waals surface area contributed by atoms with E-state index in [0.29, 0.717) is 31.8 Å². The minimum absolute atomic E-state index is 0.0568. The van der Waals surface area contributed by atoms with Crippen molar-refractivity contribution in [3.05, 3.63) is 34.9 Å². The van der Waals surface area contributed by atoms with E-state index in [1.54, 1.807) is 0 Å². The smallest absolute Gasteiger partial charge is 0.176 e. The molecule has 0 amide bonds. The SMILES string of the molecule is Cc1ccc(C(=O)CN2CCC(=O)C(C)C2)cc1C. The molecule has 2 rings (SSSR count). The molecule has 3 heteroatoms. The van der Waals surface area contributed by atoms with Crippen LogP contribution in [0.15, 0.2) is 18.2 Å². The van der Waals surface area contributed by atoms with Gasteiger partial charge in [-0.1, -0.05) is 19.1 Å². The molecule has 0 saturated carbocycles. The molecule has 1 fully saturated rings. The molecule has 0 N–H and O–H groups in total. The van der Waals surface area contributed by atoms with E-state index in [1.165, 1.54) is 5.56 Å². The highest BCUT2D eigenvalue weighted by Gasteiger charge is 2.24. The van der Waals surface area contributed by atoms with Crippen molar-refractivity contribution in [1.82, 2.24) is 4.90 Å². The molecule has 1 aromatic carbocycles. The van der Waals surface area contributed by atoms with Gasteiger partial charge in [-0.15, -0.1) is 0 Å². The lowest BCUT2D eigenvalue weighted by Crippen LogP contribution is -2.42. The molecule has 1 saturated heterocycles. The van der Waals surface area contributed by atoms with Gasteiger partial charge < -0.3 is 0 Å². The van der Waals surface area contributed by atoms with E-state index in [2.05, 4.69) is 4.90 Å². The van der Waals surface area contributed by atoms with Gasteiger partial charge >= 0.3 is 0 Å². The van der Waals surface area contributed by atoms with Crippen molar-refractivity contribution < 1.29 is 9.59 Å². The molecule has 1 unspecified atom stereocenters. The summed E-state index contributed by atoms with van der Waals surface area (Å²) >= 11 is 0. The summed E-state index contributed by atoms with van der Waals surface area (Å²) in [6.07, 6.45) is 0.571. The fraction of sp³-hybridized carbons (Fsp3) is 0.500. The maximum Gasteiger partial charge on any atom is 0.176 e. The molecule has 0 spiro atoms. The molecular weight excluding hydrogens is 238 g/mol. The van der Waals surface area contributed by atoms with Crippen LogP contribution in [-0.4, -0.2) is 36.1 Å². The largest absolute Gasteiger partial charge is 0.299 e. The Morgan fingerprint density at radius 1 is 1.32 bits per heavy atom. The molecule has 0 bridgehead atoms. The van der Waals surface area contributed by atoms with Crippen molar-refractivity contribution in [2.24, 2.45) is 5.92 Å². The second-order valence-corrected chi connectivity index (χ2v) is 5.57. The van der Waals surface area contributed by atoms with Gasteiger partial charge in [0.05, 0.1) is 6.54 Å². The highest BCUT2D eigenvalue weighted by atomic mass is 16.1. The number of hydrogen-bond acceptors (Lipinski definition) is 3. The Labute approximate surface area is 114 Å². The molecule has 0 aromatic heterocycles. The Hall–Kier alpha value is -1.48. The highest BCUT2D eigenvalue weighted by molar-refractivity contribution is 5.98. The Morgan fingerprint density at radius 2 is 2.05 bits per heavy atom. The minimum atomic E-state index is 0.0568. The van der Waals surface area contributed by atoms with Crippen molar-refractivity contribution in [2.45, 2.75) is 27.2 Å². The number of ketones is 2. The van der Waals surface area contributed by atoms with Crippen molar-refractivity contribution in [1.29, 1.82) is 0 Å². The molecule has 19 heavy (non-hydrogen) atoms. The summed E-state index contributed by atoms with van der Waals surface area (Å²) < 4.78 is 0. The summed E-state index contributed by atoms with van der Waals surface area (Å²) in [7, 11) is 0. The van der Waals surface area contributed by atoms with Crippen LogP contribution < -0.4 is 0 Å². The summed E-state index contributed by atoms with van der Waals surface area (Å²) in [6, 6.07) is 5.84.